The number of nitrogens with one attached hydrogen (secondary N) is 2. The summed E-state index contributed by atoms with van der Waals surface area (Å²) in [7, 11) is -3.28. The molecular weight excluding hydrogens is 330 g/mol. The molecular formula is C16H23N3O4S. The number of anilines is 1. The number of carbonyl (C=O) groups is 2. The Bertz CT molecular complexity index is 701. The number of sulfonamides is 1. The molecule has 0 radical (unpaired) electrons. The lowest BCUT2D eigenvalue weighted by Crippen LogP contribution is -2.49. The van der Waals surface area contributed by atoms with Crippen molar-refractivity contribution in [1.29, 1.82) is 0 Å². The van der Waals surface area contributed by atoms with Crippen LogP contribution in [0.4, 0.5) is 5.69 Å². The molecule has 0 spiro atoms. The summed E-state index contributed by atoms with van der Waals surface area (Å²) in [4.78, 5) is 25.5. The highest BCUT2D eigenvalue weighted by Crippen LogP contribution is 2.20. The Kier molecular flexibility index (Phi) is 5.95. The molecule has 132 valence electrons. The summed E-state index contributed by atoms with van der Waals surface area (Å²) in [5, 5.41) is 2.66. The number of hydrogen-bond donors (Lipinski definition) is 2. The lowest BCUT2D eigenvalue weighted by Gasteiger charge is -2.35. The van der Waals surface area contributed by atoms with E-state index in [-0.39, 0.29) is 24.4 Å². The molecule has 0 aromatic heterocycles. The molecule has 0 saturated carbocycles. The van der Waals surface area contributed by atoms with Gasteiger partial charge in [-0.25, -0.2) is 13.1 Å². The summed E-state index contributed by atoms with van der Waals surface area (Å²) in [5.74, 6) is -0.290. The first-order chi connectivity index (χ1) is 11.3. The van der Waals surface area contributed by atoms with Gasteiger partial charge in [-0.05, 0) is 43.5 Å². The van der Waals surface area contributed by atoms with E-state index in [4.69, 9.17) is 0 Å². The predicted molar refractivity (Wildman–Crippen MR) is 92.3 cm³/mol. The summed E-state index contributed by atoms with van der Waals surface area (Å²) >= 11 is 0. The zero-order chi connectivity index (χ0) is 17.7. The van der Waals surface area contributed by atoms with Gasteiger partial charge >= 0.3 is 0 Å². The summed E-state index contributed by atoms with van der Waals surface area (Å²) in [5.41, 5.74) is 1.16. The van der Waals surface area contributed by atoms with Crippen molar-refractivity contribution >= 4 is 27.5 Å². The predicted octanol–water partition coefficient (Wildman–Crippen LogP) is 1.19. The minimum Gasteiger partial charge on any atom is -0.334 e. The molecule has 1 saturated heterocycles. The molecule has 2 amide bonds. The largest absolute Gasteiger partial charge is 0.334 e. The fourth-order valence-electron chi connectivity index (χ4n) is 2.79. The summed E-state index contributed by atoms with van der Waals surface area (Å²) < 4.78 is 25.1. The highest BCUT2D eigenvalue weighted by atomic mass is 32.2. The number of benzene rings is 1. The van der Waals surface area contributed by atoms with Crippen molar-refractivity contribution in [3.05, 3.63) is 29.8 Å². The van der Waals surface area contributed by atoms with Gasteiger partial charge in [-0.3, -0.25) is 9.59 Å². The van der Waals surface area contributed by atoms with E-state index in [0.717, 1.165) is 25.5 Å². The smallest absolute Gasteiger partial charge is 0.254 e. The number of piperidine rings is 1. The maximum absolute atomic E-state index is 12.7. The van der Waals surface area contributed by atoms with Crippen LogP contribution in [0.1, 0.15) is 36.5 Å². The van der Waals surface area contributed by atoms with Gasteiger partial charge < -0.3 is 10.2 Å². The van der Waals surface area contributed by atoms with E-state index < -0.39 is 10.0 Å². The second-order valence-electron chi connectivity index (χ2n) is 6.03. The lowest BCUT2D eigenvalue weighted by atomic mass is 10.0. The van der Waals surface area contributed by atoms with Crippen LogP contribution in [-0.4, -0.2) is 50.5 Å². The fourth-order valence-corrected chi connectivity index (χ4v) is 3.29. The summed E-state index contributed by atoms with van der Waals surface area (Å²) in [6.45, 7) is 2.27. The third-order valence-electron chi connectivity index (χ3n) is 3.92. The Morgan fingerprint density at radius 1 is 1.21 bits per heavy atom. The van der Waals surface area contributed by atoms with E-state index in [1.54, 1.807) is 29.2 Å². The Labute approximate surface area is 142 Å². The van der Waals surface area contributed by atoms with Gasteiger partial charge in [0, 0.05) is 37.3 Å². The molecule has 0 bridgehead atoms. The summed E-state index contributed by atoms with van der Waals surface area (Å²) in [6, 6.07) is 6.56. The van der Waals surface area contributed by atoms with Crippen molar-refractivity contribution in [1.82, 2.24) is 9.62 Å². The number of nitrogens with zero attached hydrogens (tertiary/aromatic N) is 1. The van der Waals surface area contributed by atoms with Gasteiger partial charge in [0.25, 0.3) is 5.91 Å². The van der Waals surface area contributed by atoms with Gasteiger partial charge in [-0.15, -0.1) is 0 Å². The highest BCUT2D eigenvalue weighted by molar-refractivity contribution is 7.88. The van der Waals surface area contributed by atoms with Gasteiger partial charge in [-0.2, -0.15) is 0 Å². The molecule has 1 aromatic rings. The van der Waals surface area contributed by atoms with Crippen LogP contribution in [0.2, 0.25) is 0 Å². The average molecular weight is 353 g/mol. The Hall–Kier alpha value is -1.93. The number of hydrogen-bond acceptors (Lipinski definition) is 4. The first-order valence-electron chi connectivity index (χ1n) is 7.89. The third-order valence-corrected chi connectivity index (χ3v) is 4.61. The first-order valence-corrected chi connectivity index (χ1v) is 9.78. The first kappa shape index (κ1) is 18.4. The van der Waals surface area contributed by atoms with E-state index >= 15 is 0 Å². The van der Waals surface area contributed by atoms with Crippen molar-refractivity contribution < 1.29 is 18.0 Å². The molecule has 2 rings (SSSR count). The second kappa shape index (κ2) is 7.76. The molecule has 2 N–H and O–H groups in total. The zero-order valence-electron chi connectivity index (χ0n) is 13.9. The quantitative estimate of drug-likeness (QED) is 0.831. The van der Waals surface area contributed by atoms with Crippen LogP contribution in [0.15, 0.2) is 24.3 Å². The molecule has 1 heterocycles. The molecule has 1 aromatic carbocycles. The second-order valence-corrected chi connectivity index (χ2v) is 7.86. The van der Waals surface area contributed by atoms with Crippen molar-refractivity contribution in [3.63, 3.8) is 0 Å². The van der Waals surface area contributed by atoms with Crippen LogP contribution in [0, 0.1) is 0 Å². The van der Waals surface area contributed by atoms with Gasteiger partial charge in [0.1, 0.15) is 0 Å². The van der Waals surface area contributed by atoms with Crippen molar-refractivity contribution in [3.8, 4) is 0 Å². The molecule has 0 aliphatic carbocycles. The third kappa shape index (κ3) is 5.31. The number of likely N-dealkylation sites (tertiary alicyclic amines) is 1. The van der Waals surface area contributed by atoms with Crippen LogP contribution in [-0.2, 0) is 14.8 Å². The van der Waals surface area contributed by atoms with Gasteiger partial charge in [0.2, 0.25) is 15.9 Å². The molecule has 8 heteroatoms. The van der Waals surface area contributed by atoms with Crippen LogP contribution in [0.5, 0.6) is 0 Å². The standard InChI is InChI=1S/C16H23N3O4S/c1-12(20)18-14-8-6-13(7-9-14)16(21)19-10-4-3-5-15(19)11-17-24(2,22)23/h6-9,15,17H,3-5,10-11H2,1-2H3,(H,18,20). The van der Waals surface area contributed by atoms with Crippen LogP contribution in [0.25, 0.3) is 0 Å². The van der Waals surface area contributed by atoms with Crippen molar-refractivity contribution in [2.75, 3.05) is 24.7 Å². The van der Waals surface area contributed by atoms with E-state index in [1.807, 2.05) is 0 Å². The maximum atomic E-state index is 12.7. The highest BCUT2D eigenvalue weighted by Gasteiger charge is 2.28. The Morgan fingerprint density at radius 3 is 2.46 bits per heavy atom. The van der Waals surface area contributed by atoms with E-state index in [2.05, 4.69) is 10.0 Å². The van der Waals surface area contributed by atoms with Crippen molar-refractivity contribution in [2.24, 2.45) is 0 Å². The minimum atomic E-state index is -3.28. The molecule has 1 fully saturated rings. The number of rotatable bonds is 5. The van der Waals surface area contributed by atoms with Crippen LogP contribution >= 0.6 is 0 Å². The fraction of sp³-hybridized carbons (Fsp3) is 0.500. The Morgan fingerprint density at radius 2 is 1.88 bits per heavy atom. The zero-order valence-corrected chi connectivity index (χ0v) is 14.7. The maximum Gasteiger partial charge on any atom is 0.254 e. The minimum absolute atomic E-state index is 0.121. The van der Waals surface area contributed by atoms with Gasteiger partial charge in [0.15, 0.2) is 0 Å². The van der Waals surface area contributed by atoms with Gasteiger partial charge in [-0.1, -0.05) is 0 Å². The van der Waals surface area contributed by atoms with E-state index in [1.165, 1.54) is 6.92 Å². The Balaban J connectivity index is 2.08. The molecule has 1 unspecified atom stereocenters. The van der Waals surface area contributed by atoms with E-state index in [9.17, 15) is 18.0 Å². The lowest BCUT2D eigenvalue weighted by molar-refractivity contribution is -0.114. The molecule has 7 nitrogen and oxygen atoms in total. The molecule has 1 atom stereocenters. The topological polar surface area (TPSA) is 95.6 Å². The SMILES string of the molecule is CC(=O)Nc1ccc(C(=O)N2CCCCC2CNS(C)(=O)=O)cc1. The average Bonchev–Trinajstić information content (AvgIpc) is 2.52. The molecule has 1 aliphatic heterocycles. The number of carbonyl (C=O) groups excluding carboxylic acids is 2. The molecule has 24 heavy (non-hydrogen) atoms. The molecule has 1 aliphatic rings. The van der Waals surface area contributed by atoms with Crippen molar-refractivity contribution in [2.45, 2.75) is 32.2 Å². The van der Waals surface area contributed by atoms with Crippen LogP contribution in [0.3, 0.4) is 0 Å². The van der Waals surface area contributed by atoms with Crippen LogP contribution < -0.4 is 10.0 Å². The normalized spacial score (nSPS) is 18.2. The summed E-state index contributed by atoms with van der Waals surface area (Å²) in [6.07, 6.45) is 3.77. The van der Waals surface area contributed by atoms with Gasteiger partial charge in [0.05, 0.1) is 6.26 Å². The van der Waals surface area contributed by atoms with E-state index in [0.29, 0.717) is 17.8 Å². The monoisotopic (exact) mass is 353 g/mol. The number of amides is 2.